The Morgan fingerprint density at radius 3 is 3.33 bits per heavy atom. The summed E-state index contributed by atoms with van der Waals surface area (Å²) in [5, 5.41) is 3.68. The second-order valence-corrected chi connectivity index (χ2v) is 2.96. The summed E-state index contributed by atoms with van der Waals surface area (Å²) in [6.45, 7) is 2.98. The van der Waals surface area contributed by atoms with Crippen LogP contribution in [0.2, 0.25) is 0 Å². The summed E-state index contributed by atoms with van der Waals surface area (Å²) in [5.41, 5.74) is 1.04. The Kier molecular flexibility index (Phi) is 1.60. The predicted octanol–water partition coefficient (Wildman–Crippen LogP) is 0.579. The van der Waals surface area contributed by atoms with Crippen molar-refractivity contribution in [2.75, 3.05) is 6.54 Å². The summed E-state index contributed by atoms with van der Waals surface area (Å²) in [6.07, 6.45) is 2.47. The van der Waals surface area contributed by atoms with E-state index >= 15 is 0 Å². The number of amides is 1. The largest absolute Gasteiger partial charge is 0.361 e. The van der Waals surface area contributed by atoms with Gasteiger partial charge in [0.25, 0.3) is 0 Å². The molecular weight excluding hydrogens is 156 g/mol. The molecule has 0 saturated carbocycles. The van der Waals surface area contributed by atoms with Crippen molar-refractivity contribution in [3.8, 4) is 0 Å². The molecule has 0 saturated heterocycles. The molecule has 0 fully saturated rings. The number of rotatable bonds is 0. The smallest absolute Gasteiger partial charge is 0.219 e. The van der Waals surface area contributed by atoms with Gasteiger partial charge < -0.3 is 9.42 Å². The zero-order valence-electron chi connectivity index (χ0n) is 6.91. The molecule has 1 aromatic rings. The zero-order valence-corrected chi connectivity index (χ0v) is 6.91. The predicted molar refractivity (Wildman–Crippen MR) is 41.3 cm³/mol. The van der Waals surface area contributed by atoms with Crippen LogP contribution in [0.25, 0.3) is 0 Å². The monoisotopic (exact) mass is 166 g/mol. The lowest BCUT2D eigenvalue weighted by atomic mass is 10.1. The van der Waals surface area contributed by atoms with Gasteiger partial charge in [-0.15, -0.1) is 0 Å². The van der Waals surface area contributed by atoms with Crippen molar-refractivity contribution in [3.63, 3.8) is 0 Å². The lowest BCUT2D eigenvalue weighted by molar-refractivity contribution is -0.129. The molecule has 0 aromatic carbocycles. The normalized spacial score (nSPS) is 15.9. The first-order chi connectivity index (χ1) is 5.77. The van der Waals surface area contributed by atoms with Crippen molar-refractivity contribution in [3.05, 3.63) is 17.5 Å². The zero-order chi connectivity index (χ0) is 8.55. The fraction of sp³-hybridized carbons (Fsp3) is 0.500. The summed E-state index contributed by atoms with van der Waals surface area (Å²) >= 11 is 0. The van der Waals surface area contributed by atoms with Gasteiger partial charge in [0.15, 0.2) is 0 Å². The molecule has 0 atom stereocenters. The van der Waals surface area contributed by atoms with Gasteiger partial charge in [-0.2, -0.15) is 0 Å². The summed E-state index contributed by atoms with van der Waals surface area (Å²) in [5.74, 6) is 1.04. The van der Waals surface area contributed by atoms with Crippen LogP contribution in [0.1, 0.15) is 18.2 Å². The van der Waals surface area contributed by atoms with Crippen molar-refractivity contribution >= 4 is 5.91 Å². The second-order valence-electron chi connectivity index (χ2n) is 2.96. The molecule has 0 bridgehead atoms. The molecule has 0 N–H and O–H groups in total. The van der Waals surface area contributed by atoms with Crippen molar-refractivity contribution in [1.29, 1.82) is 0 Å². The highest BCUT2D eigenvalue weighted by Crippen LogP contribution is 2.17. The maximum absolute atomic E-state index is 11.0. The third-order valence-corrected chi connectivity index (χ3v) is 2.14. The van der Waals surface area contributed by atoms with Crippen LogP contribution in [0, 0.1) is 0 Å². The number of carbonyl (C=O) groups is 1. The molecule has 2 rings (SSSR count). The van der Waals surface area contributed by atoms with E-state index < -0.39 is 0 Å². The van der Waals surface area contributed by atoms with E-state index in [2.05, 4.69) is 5.16 Å². The van der Waals surface area contributed by atoms with Gasteiger partial charge in [-0.1, -0.05) is 5.16 Å². The van der Waals surface area contributed by atoms with E-state index in [1.165, 1.54) is 0 Å². The summed E-state index contributed by atoms with van der Waals surface area (Å²) in [4.78, 5) is 12.8. The lowest BCUT2D eigenvalue weighted by Crippen LogP contribution is -2.33. The average molecular weight is 166 g/mol. The Balaban J connectivity index is 2.20. The van der Waals surface area contributed by atoms with Crippen molar-refractivity contribution in [1.82, 2.24) is 10.1 Å². The third kappa shape index (κ3) is 1.09. The quantitative estimate of drug-likeness (QED) is 0.566. The molecule has 1 aliphatic rings. The minimum Gasteiger partial charge on any atom is -0.361 e. The molecule has 4 nitrogen and oxygen atoms in total. The van der Waals surface area contributed by atoms with Crippen LogP contribution < -0.4 is 0 Å². The topological polar surface area (TPSA) is 46.3 Å². The van der Waals surface area contributed by atoms with Gasteiger partial charge in [0.2, 0.25) is 5.91 Å². The van der Waals surface area contributed by atoms with E-state index in [1.54, 1.807) is 18.0 Å². The molecule has 0 radical (unpaired) electrons. The number of fused-ring (bicyclic) bond motifs is 1. The molecule has 0 unspecified atom stereocenters. The van der Waals surface area contributed by atoms with Crippen LogP contribution >= 0.6 is 0 Å². The van der Waals surface area contributed by atoms with E-state index in [1.807, 2.05) is 0 Å². The molecule has 64 valence electrons. The van der Waals surface area contributed by atoms with Crippen LogP contribution in [-0.2, 0) is 17.8 Å². The minimum absolute atomic E-state index is 0.113. The van der Waals surface area contributed by atoms with E-state index in [0.29, 0.717) is 6.54 Å². The molecular formula is C8H10N2O2. The standard InChI is InChI=1S/C8H10N2O2/c1-6(11)10-3-2-8-7(5-10)4-9-12-8/h4H,2-3,5H2,1H3. The number of hydrogen-bond donors (Lipinski definition) is 0. The van der Waals surface area contributed by atoms with Crippen LogP contribution in [0.5, 0.6) is 0 Å². The number of aromatic nitrogens is 1. The van der Waals surface area contributed by atoms with E-state index in [0.717, 1.165) is 24.3 Å². The Labute approximate surface area is 70.1 Å². The van der Waals surface area contributed by atoms with Gasteiger partial charge in [0.05, 0.1) is 12.7 Å². The molecule has 0 spiro atoms. The van der Waals surface area contributed by atoms with Crippen LogP contribution in [0.3, 0.4) is 0 Å². The van der Waals surface area contributed by atoms with Crippen LogP contribution in [0.15, 0.2) is 10.7 Å². The van der Waals surface area contributed by atoms with Crippen LogP contribution in [0.4, 0.5) is 0 Å². The Hall–Kier alpha value is -1.32. The van der Waals surface area contributed by atoms with Gasteiger partial charge in [0, 0.05) is 25.5 Å². The molecule has 1 amide bonds. The van der Waals surface area contributed by atoms with Gasteiger partial charge in [-0.25, -0.2) is 0 Å². The van der Waals surface area contributed by atoms with Gasteiger partial charge in [0.1, 0.15) is 5.76 Å². The number of nitrogens with zero attached hydrogens (tertiary/aromatic N) is 2. The highest BCUT2D eigenvalue weighted by molar-refractivity contribution is 5.73. The first kappa shape index (κ1) is 7.34. The summed E-state index contributed by atoms with van der Waals surface area (Å²) in [6, 6.07) is 0. The first-order valence-corrected chi connectivity index (χ1v) is 3.95. The molecule has 12 heavy (non-hydrogen) atoms. The summed E-state index contributed by atoms with van der Waals surface area (Å²) < 4.78 is 5.00. The minimum atomic E-state index is 0.113. The molecule has 1 aromatic heterocycles. The Morgan fingerprint density at radius 2 is 2.58 bits per heavy atom. The molecule has 0 aliphatic carbocycles. The highest BCUT2D eigenvalue weighted by atomic mass is 16.5. The fourth-order valence-electron chi connectivity index (χ4n) is 1.41. The summed E-state index contributed by atoms with van der Waals surface area (Å²) in [7, 11) is 0. The molecule has 1 aliphatic heterocycles. The van der Waals surface area contributed by atoms with Gasteiger partial charge >= 0.3 is 0 Å². The van der Waals surface area contributed by atoms with E-state index in [9.17, 15) is 4.79 Å². The van der Waals surface area contributed by atoms with Crippen molar-refractivity contribution in [2.24, 2.45) is 0 Å². The second kappa shape index (κ2) is 2.62. The number of carbonyl (C=O) groups excluding carboxylic acids is 1. The van der Waals surface area contributed by atoms with Crippen molar-refractivity contribution < 1.29 is 9.32 Å². The van der Waals surface area contributed by atoms with Crippen LogP contribution in [-0.4, -0.2) is 22.5 Å². The molecule has 2 heterocycles. The van der Waals surface area contributed by atoms with E-state index in [-0.39, 0.29) is 5.91 Å². The maximum atomic E-state index is 11.0. The Bertz CT molecular complexity index is 306. The van der Waals surface area contributed by atoms with Gasteiger partial charge in [-0.05, 0) is 0 Å². The van der Waals surface area contributed by atoms with Crippen molar-refractivity contribution in [2.45, 2.75) is 19.9 Å². The fourth-order valence-corrected chi connectivity index (χ4v) is 1.41. The molecule has 4 heteroatoms. The lowest BCUT2D eigenvalue weighted by Gasteiger charge is -2.23. The third-order valence-electron chi connectivity index (χ3n) is 2.14. The SMILES string of the molecule is CC(=O)N1CCc2oncc2C1. The van der Waals surface area contributed by atoms with Gasteiger partial charge in [-0.3, -0.25) is 4.79 Å². The maximum Gasteiger partial charge on any atom is 0.219 e. The highest BCUT2D eigenvalue weighted by Gasteiger charge is 2.20. The first-order valence-electron chi connectivity index (χ1n) is 3.95. The average Bonchev–Trinajstić information content (AvgIpc) is 2.49. The Morgan fingerprint density at radius 1 is 1.75 bits per heavy atom. The number of hydrogen-bond acceptors (Lipinski definition) is 3. The van der Waals surface area contributed by atoms with E-state index in [4.69, 9.17) is 4.52 Å².